The van der Waals surface area contributed by atoms with Crippen molar-refractivity contribution in [1.29, 1.82) is 0 Å². The summed E-state index contributed by atoms with van der Waals surface area (Å²) >= 11 is 0. The molecule has 1 heterocycles. The SMILES string of the molecule is C1COCCONCOCCO1. The molecule has 0 atom stereocenters. The molecule has 0 amide bonds. The lowest BCUT2D eigenvalue weighted by molar-refractivity contribution is -0.0779. The molecule has 0 bridgehead atoms. The molecule has 0 radical (unpaired) electrons. The summed E-state index contributed by atoms with van der Waals surface area (Å²) in [6.07, 6.45) is 0. The largest absolute Gasteiger partial charge is 0.377 e. The fourth-order valence-corrected chi connectivity index (χ4v) is 0.768. The molecule has 1 rings (SSSR count). The molecule has 0 aromatic rings. The van der Waals surface area contributed by atoms with Crippen LogP contribution in [-0.2, 0) is 19.0 Å². The molecule has 0 unspecified atom stereocenters. The smallest absolute Gasteiger partial charge is 0.119 e. The molecule has 1 fully saturated rings. The van der Waals surface area contributed by atoms with Gasteiger partial charge in [-0.2, -0.15) is 5.48 Å². The molecule has 5 heteroatoms. The van der Waals surface area contributed by atoms with Crippen LogP contribution in [0.5, 0.6) is 0 Å². The molecule has 0 spiro atoms. The standard InChI is InChI=1S/C7H15NO4/c1-2-10-5-6-12-8-7-11-4-3-9-1/h8H,1-7H2. The van der Waals surface area contributed by atoms with Crippen molar-refractivity contribution in [3.8, 4) is 0 Å². The Morgan fingerprint density at radius 2 is 1.25 bits per heavy atom. The van der Waals surface area contributed by atoms with Crippen LogP contribution in [0, 0.1) is 0 Å². The van der Waals surface area contributed by atoms with Gasteiger partial charge in [0.15, 0.2) is 0 Å². The van der Waals surface area contributed by atoms with Gasteiger partial charge in [-0.15, -0.1) is 0 Å². The van der Waals surface area contributed by atoms with Crippen LogP contribution in [0.4, 0.5) is 0 Å². The Bertz CT molecular complexity index is 58.4. The predicted octanol–water partition coefficient (Wildman–Crippen LogP) is -0.471. The number of ether oxygens (including phenoxy) is 3. The summed E-state index contributed by atoms with van der Waals surface area (Å²) in [5.41, 5.74) is 2.65. The van der Waals surface area contributed by atoms with E-state index in [-0.39, 0.29) is 0 Å². The summed E-state index contributed by atoms with van der Waals surface area (Å²) < 4.78 is 15.5. The maximum absolute atomic E-state index is 5.19. The Labute approximate surface area is 71.9 Å². The molecule has 0 aromatic heterocycles. The van der Waals surface area contributed by atoms with E-state index in [1.54, 1.807) is 0 Å². The van der Waals surface area contributed by atoms with E-state index in [0.717, 1.165) is 0 Å². The fourth-order valence-electron chi connectivity index (χ4n) is 0.768. The van der Waals surface area contributed by atoms with Gasteiger partial charge < -0.3 is 14.2 Å². The average Bonchev–Trinajstić information content (AvgIpc) is 2.05. The van der Waals surface area contributed by atoms with Crippen molar-refractivity contribution in [3.05, 3.63) is 0 Å². The number of hydroxylamine groups is 1. The summed E-state index contributed by atoms with van der Waals surface area (Å²) in [5.74, 6) is 0. The average molecular weight is 177 g/mol. The van der Waals surface area contributed by atoms with Gasteiger partial charge in [0.2, 0.25) is 0 Å². The summed E-state index contributed by atoms with van der Waals surface area (Å²) in [6, 6.07) is 0. The third-order valence-electron chi connectivity index (χ3n) is 1.34. The number of hydrogen-bond acceptors (Lipinski definition) is 5. The van der Waals surface area contributed by atoms with Gasteiger partial charge in [0.25, 0.3) is 0 Å². The minimum Gasteiger partial charge on any atom is -0.377 e. The first-order valence-electron chi connectivity index (χ1n) is 4.08. The van der Waals surface area contributed by atoms with Crippen molar-refractivity contribution in [2.24, 2.45) is 0 Å². The third-order valence-corrected chi connectivity index (χ3v) is 1.34. The van der Waals surface area contributed by atoms with Crippen LogP contribution in [0.3, 0.4) is 0 Å². The Hall–Kier alpha value is -0.200. The second-order valence-electron chi connectivity index (χ2n) is 2.27. The topological polar surface area (TPSA) is 49.0 Å². The lowest BCUT2D eigenvalue weighted by atomic mass is 10.7. The summed E-state index contributed by atoms with van der Waals surface area (Å²) in [6.45, 7) is 3.92. The van der Waals surface area contributed by atoms with Crippen molar-refractivity contribution in [2.45, 2.75) is 0 Å². The van der Waals surface area contributed by atoms with E-state index in [1.165, 1.54) is 0 Å². The maximum atomic E-state index is 5.19. The van der Waals surface area contributed by atoms with Crippen molar-refractivity contribution in [2.75, 3.05) is 46.4 Å². The zero-order valence-corrected chi connectivity index (χ0v) is 7.08. The van der Waals surface area contributed by atoms with Gasteiger partial charge in [0.1, 0.15) is 6.73 Å². The number of hydrogen-bond donors (Lipinski definition) is 1. The highest BCUT2D eigenvalue weighted by Crippen LogP contribution is 1.82. The second kappa shape index (κ2) is 7.45. The lowest BCUT2D eigenvalue weighted by Gasteiger charge is -2.10. The second-order valence-corrected chi connectivity index (χ2v) is 2.27. The van der Waals surface area contributed by atoms with Gasteiger partial charge >= 0.3 is 0 Å². The molecule has 0 aromatic carbocycles. The van der Waals surface area contributed by atoms with E-state index in [0.29, 0.717) is 46.4 Å². The molecule has 1 aliphatic rings. The van der Waals surface area contributed by atoms with Crippen LogP contribution in [-0.4, -0.2) is 46.4 Å². The predicted molar refractivity (Wildman–Crippen MR) is 41.5 cm³/mol. The Morgan fingerprint density at radius 3 is 2.00 bits per heavy atom. The van der Waals surface area contributed by atoms with Crippen molar-refractivity contribution in [1.82, 2.24) is 5.48 Å². The van der Waals surface area contributed by atoms with Crippen LogP contribution >= 0.6 is 0 Å². The molecule has 12 heavy (non-hydrogen) atoms. The van der Waals surface area contributed by atoms with E-state index in [1.807, 2.05) is 0 Å². The van der Waals surface area contributed by atoms with Crippen molar-refractivity contribution in [3.63, 3.8) is 0 Å². The Kier molecular flexibility index (Phi) is 6.14. The molecule has 0 aliphatic carbocycles. The first-order valence-corrected chi connectivity index (χ1v) is 4.08. The monoisotopic (exact) mass is 177 g/mol. The molecular weight excluding hydrogens is 162 g/mol. The summed E-state index contributed by atoms with van der Waals surface area (Å²) in [4.78, 5) is 4.97. The summed E-state index contributed by atoms with van der Waals surface area (Å²) in [5, 5.41) is 0. The Balaban J connectivity index is 2.00. The van der Waals surface area contributed by atoms with Crippen LogP contribution in [0.1, 0.15) is 0 Å². The lowest BCUT2D eigenvalue weighted by Crippen LogP contribution is -2.24. The van der Waals surface area contributed by atoms with E-state index >= 15 is 0 Å². The van der Waals surface area contributed by atoms with E-state index in [2.05, 4.69) is 5.48 Å². The minimum atomic E-state index is 0.392. The fraction of sp³-hybridized carbons (Fsp3) is 1.00. The van der Waals surface area contributed by atoms with Crippen molar-refractivity contribution >= 4 is 0 Å². The molecule has 72 valence electrons. The first-order chi connectivity index (χ1) is 6.00. The van der Waals surface area contributed by atoms with Crippen molar-refractivity contribution < 1.29 is 19.0 Å². The van der Waals surface area contributed by atoms with E-state index in [4.69, 9.17) is 19.0 Å². The van der Waals surface area contributed by atoms with Gasteiger partial charge in [-0.1, -0.05) is 0 Å². The molecule has 1 N–H and O–H groups in total. The van der Waals surface area contributed by atoms with Gasteiger partial charge in [-0.25, -0.2) is 0 Å². The van der Waals surface area contributed by atoms with E-state index < -0.39 is 0 Å². The third kappa shape index (κ3) is 5.45. The van der Waals surface area contributed by atoms with E-state index in [9.17, 15) is 0 Å². The maximum Gasteiger partial charge on any atom is 0.119 e. The number of rotatable bonds is 0. The highest BCUT2D eigenvalue weighted by Gasteiger charge is 1.94. The van der Waals surface area contributed by atoms with Gasteiger partial charge in [0, 0.05) is 0 Å². The normalized spacial score (nSPS) is 24.0. The first kappa shape index (κ1) is 9.88. The van der Waals surface area contributed by atoms with Crippen LogP contribution in [0.25, 0.3) is 0 Å². The molecular formula is C7H15NO4. The quantitative estimate of drug-likeness (QED) is 0.542. The minimum absolute atomic E-state index is 0.392. The van der Waals surface area contributed by atoms with Crippen LogP contribution < -0.4 is 5.48 Å². The molecule has 1 saturated heterocycles. The van der Waals surface area contributed by atoms with Gasteiger partial charge in [-0.05, 0) is 0 Å². The molecule has 5 nitrogen and oxygen atoms in total. The highest BCUT2D eigenvalue weighted by atomic mass is 16.7. The summed E-state index contributed by atoms with van der Waals surface area (Å²) in [7, 11) is 0. The van der Waals surface area contributed by atoms with Crippen LogP contribution in [0.2, 0.25) is 0 Å². The van der Waals surface area contributed by atoms with Crippen LogP contribution in [0.15, 0.2) is 0 Å². The molecule has 1 aliphatic heterocycles. The zero-order valence-electron chi connectivity index (χ0n) is 7.08. The zero-order chi connectivity index (χ0) is 8.49. The van der Waals surface area contributed by atoms with Gasteiger partial charge in [0.05, 0.1) is 39.6 Å². The molecule has 0 saturated carbocycles. The highest BCUT2D eigenvalue weighted by molar-refractivity contribution is 4.34. The number of nitrogens with one attached hydrogen (secondary N) is 1. The van der Waals surface area contributed by atoms with Gasteiger partial charge in [-0.3, -0.25) is 4.84 Å². The Morgan fingerprint density at radius 1 is 0.667 bits per heavy atom.